The van der Waals surface area contributed by atoms with Crippen LogP contribution in [0.2, 0.25) is 10.0 Å². The van der Waals surface area contributed by atoms with Crippen molar-refractivity contribution in [2.24, 2.45) is 5.92 Å². The molecule has 4 rings (SSSR count). The molecule has 2 nitrogen and oxygen atoms in total. The molecule has 148 valence electrons. The van der Waals surface area contributed by atoms with Crippen LogP contribution in [-0.4, -0.2) is 29.6 Å². The SMILES string of the molecule is Cc1cccc2c1C=C[C@H](CN1CCC(c3c(Cl)cccc3Cl)CC1)C[C@@H]2O. The molecule has 1 heterocycles. The Morgan fingerprint density at radius 3 is 2.43 bits per heavy atom. The first-order valence-electron chi connectivity index (χ1n) is 10.1. The Hall–Kier alpha value is -1.32. The van der Waals surface area contributed by atoms with E-state index in [0.29, 0.717) is 11.8 Å². The number of hydrogen-bond acceptors (Lipinski definition) is 2. The lowest BCUT2D eigenvalue weighted by molar-refractivity contribution is 0.130. The van der Waals surface area contributed by atoms with Crippen molar-refractivity contribution in [1.82, 2.24) is 4.90 Å². The van der Waals surface area contributed by atoms with Gasteiger partial charge in [0.05, 0.1) is 6.10 Å². The summed E-state index contributed by atoms with van der Waals surface area (Å²) in [5.74, 6) is 0.793. The van der Waals surface area contributed by atoms with Gasteiger partial charge in [-0.1, -0.05) is 59.6 Å². The van der Waals surface area contributed by atoms with Crippen LogP contribution in [0.1, 0.15) is 53.5 Å². The molecule has 0 aromatic heterocycles. The van der Waals surface area contributed by atoms with Gasteiger partial charge in [0.2, 0.25) is 0 Å². The van der Waals surface area contributed by atoms with Crippen LogP contribution in [0.5, 0.6) is 0 Å². The van der Waals surface area contributed by atoms with Gasteiger partial charge in [-0.05, 0) is 85.5 Å². The Kier molecular flexibility index (Phi) is 6.13. The predicted octanol–water partition coefficient (Wildman–Crippen LogP) is 6.25. The van der Waals surface area contributed by atoms with Gasteiger partial charge in [0, 0.05) is 16.6 Å². The van der Waals surface area contributed by atoms with Crippen LogP contribution in [-0.2, 0) is 0 Å². The molecule has 2 atom stereocenters. The van der Waals surface area contributed by atoms with Gasteiger partial charge in [-0.25, -0.2) is 0 Å². The van der Waals surface area contributed by atoms with E-state index in [1.165, 1.54) is 11.1 Å². The third-order valence-electron chi connectivity index (χ3n) is 6.27. The van der Waals surface area contributed by atoms with Crippen LogP contribution < -0.4 is 0 Å². The van der Waals surface area contributed by atoms with Gasteiger partial charge in [0.1, 0.15) is 0 Å². The average molecular weight is 416 g/mol. The second-order valence-corrected chi connectivity index (χ2v) is 8.97. The molecule has 1 aliphatic carbocycles. The van der Waals surface area contributed by atoms with Crippen LogP contribution in [0.4, 0.5) is 0 Å². The molecule has 4 heteroatoms. The van der Waals surface area contributed by atoms with Gasteiger partial charge in [-0.3, -0.25) is 0 Å². The number of nitrogens with zero attached hydrogens (tertiary/aromatic N) is 1. The van der Waals surface area contributed by atoms with E-state index in [1.807, 2.05) is 24.3 Å². The lowest BCUT2D eigenvalue weighted by Crippen LogP contribution is -2.36. The van der Waals surface area contributed by atoms with Crippen molar-refractivity contribution in [3.8, 4) is 0 Å². The van der Waals surface area contributed by atoms with E-state index in [2.05, 4.69) is 36.1 Å². The molecule has 1 N–H and O–H groups in total. The average Bonchev–Trinajstić information content (AvgIpc) is 2.83. The summed E-state index contributed by atoms with van der Waals surface area (Å²) in [7, 11) is 0. The monoisotopic (exact) mass is 415 g/mol. The smallest absolute Gasteiger partial charge is 0.0802 e. The molecule has 2 aliphatic rings. The molecule has 28 heavy (non-hydrogen) atoms. The van der Waals surface area contributed by atoms with E-state index in [1.54, 1.807) is 0 Å². The first-order chi connectivity index (χ1) is 13.5. The number of hydrogen-bond donors (Lipinski definition) is 1. The van der Waals surface area contributed by atoms with Crippen molar-refractivity contribution in [1.29, 1.82) is 0 Å². The molecule has 1 saturated heterocycles. The molecule has 2 aromatic carbocycles. The number of fused-ring (bicyclic) bond motifs is 1. The third kappa shape index (κ3) is 4.16. The number of likely N-dealkylation sites (tertiary alicyclic amines) is 1. The molecule has 0 bridgehead atoms. The fraction of sp³-hybridized carbons (Fsp3) is 0.417. The molecular weight excluding hydrogens is 389 g/mol. The number of piperidine rings is 1. The predicted molar refractivity (Wildman–Crippen MR) is 118 cm³/mol. The minimum absolute atomic E-state index is 0.363. The third-order valence-corrected chi connectivity index (χ3v) is 6.93. The number of halogens is 2. The molecule has 2 aromatic rings. The number of benzene rings is 2. The second-order valence-electron chi connectivity index (χ2n) is 8.16. The molecule has 0 spiro atoms. The van der Waals surface area contributed by atoms with E-state index in [-0.39, 0.29) is 0 Å². The molecule has 0 saturated carbocycles. The summed E-state index contributed by atoms with van der Waals surface area (Å²) in [6, 6.07) is 12.0. The molecular formula is C24H27Cl2NO. The Balaban J connectivity index is 1.39. The highest BCUT2D eigenvalue weighted by Gasteiger charge is 2.27. The fourth-order valence-electron chi connectivity index (χ4n) is 4.72. The van der Waals surface area contributed by atoms with Gasteiger partial charge in [0.25, 0.3) is 0 Å². The Morgan fingerprint density at radius 2 is 1.71 bits per heavy atom. The molecule has 1 fully saturated rings. The van der Waals surface area contributed by atoms with E-state index < -0.39 is 6.10 Å². The Bertz CT molecular complexity index is 851. The summed E-state index contributed by atoms with van der Waals surface area (Å²) < 4.78 is 0. The summed E-state index contributed by atoms with van der Waals surface area (Å²) in [6.45, 7) is 5.18. The van der Waals surface area contributed by atoms with Crippen LogP contribution in [0.15, 0.2) is 42.5 Å². The van der Waals surface area contributed by atoms with E-state index in [4.69, 9.17) is 23.2 Å². The molecule has 0 unspecified atom stereocenters. The summed E-state index contributed by atoms with van der Waals surface area (Å²) in [6.07, 6.45) is 7.03. The zero-order chi connectivity index (χ0) is 19.7. The molecule has 1 aliphatic heterocycles. The van der Waals surface area contributed by atoms with Gasteiger partial charge < -0.3 is 10.0 Å². The zero-order valence-electron chi connectivity index (χ0n) is 16.2. The maximum Gasteiger partial charge on any atom is 0.0802 e. The van der Waals surface area contributed by atoms with Crippen molar-refractivity contribution in [3.63, 3.8) is 0 Å². The normalized spacial score (nSPS) is 23.4. The van der Waals surface area contributed by atoms with E-state index >= 15 is 0 Å². The largest absolute Gasteiger partial charge is 0.388 e. The maximum atomic E-state index is 10.7. The van der Waals surface area contributed by atoms with Crippen LogP contribution in [0.3, 0.4) is 0 Å². The summed E-state index contributed by atoms with van der Waals surface area (Å²) in [5.41, 5.74) is 4.59. The first kappa shape index (κ1) is 20.0. The van der Waals surface area contributed by atoms with Gasteiger partial charge >= 0.3 is 0 Å². The lowest BCUT2D eigenvalue weighted by Gasteiger charge is -2.34. The van der Waals surface area contributed by atoms with E-state index in [0.717, 1.165) is 60.1 Å². The number of rotatable bonds is 3. The summed E-state index contributed by atoms with van der Waals surface area (Å²) >= 11 is 12.8. The van der Waals surface area contributed by atoms with Crippen molar-refractivity contribution >= 4 is 29.3 Å². The van der Waals surface area contributed by atoms with Crippen LogP contribution in [0.25, 0.3) is 6.08 Å². The first-order valence-corrected chi connectivity index (χ1v) is 10.9. The number of aliphatic hydroxyl groups is 1. The quantitative estimate of drug-likeness (QED) is 0.640. The van der Waals surface area contributed by atoms with Crippen LogP contribution in [0, 0.1) is 12.8 Å². The maximum absolute atomic E-state index is 10.7. The fourth-order valence-corrected chi connectivity index (χ4v) is 5.42. The Labute approximate surface area is 177 Å². The minimum Gasteiger partial charge on any atom is -0.388 e. The van der Waals surface area contributed by atoms with Gasteiger partial charge in [0.15, 0.2) is 0 Å². The highest BCUT2D eigenvalue weighted by Crippen LogP contribution is 2.38. The Morgan fingerprint density at radius 1 is 1.04 bits per heavy atom. The van der Waals surface area contributed by atoms with Crippen molar-refractivity contribution in [2.45, 2.75) is 38.2 Å². The highest BCUT2D eigenvalue weighted by atomic mass is 35.5. The lowest BCUT2D eigenvalue weighted by atomic mass is 9.88. The summed E-state index contributed by atoms with van der Waals surface area (Å²) in [5, 5.41) is 12.3. The molecule has 0 amide bonds. The van der Waals surface area contributed by atoms with Gasteiger partial charge in [-0.15, -0.1) is 0 Å². The van der Waals surface area contributed by atoms with Crippen molar-refractivity contribution in [3.05, 3.63) is 74.8 Å². The topological polar surface area (TPSA) is 23.5 Å². The second kappa shape index (κ2) is 8.59. The zero-order valence-corrected chi connectivity index (χ0v) is 17.8. The van der Waals surface area contributed by atoms with Crippen LogP contribution >= 0.6 is 23.2 Å². The van der Waals surface area contributed by atoms with Crippen molar-refractivity contribution < 1.29 is 5.11 Å². The number of aryl methyl sites for hydroxylation is 1. The highest BCUT2D eigenvalue weighted by molar-refractivity contribution is 6.36. The summed E-state index contributed by atoms with van der Waals surface area (Å²) in [4.78, 5) is 2.52. The van der Waals surface area contributed by atoms with Gasteiger partial charge in [-0.2, -0.15) is 0 Å². The standard InChI is InChI=1S/C24H27Cl2NO/c1-16-4-2-5-20-19(16)9-8-17(14-23(20)28)15-27-12-10-18(11-13-27)24-21(25)6-3-7-22(24)26/h2-9,17-18,23,28H,10-15H2,1H3/t17-,23-/m0/s1. The minimum atomic E-state index is -0.394. The number of aliphatic hydroxyl groups excluding tert-OH is 1. The van der Waals surface area contributed by atoms with Crippen molar-refractivity contribution in [2.75, 3.05) is 19.6 Å². The molecule has 0 radical (unpaired) electrons. The van der Waals surface area contributed by atoms with E-state index in [9.17, 15) is 5.11 Å².